The Kier molecular flexibility index (Phi) is 8.42. The van der Waals surface area contributed by atoms with Gasteiger partial charge in [-0.05, 0) is 55.2 Å². The lowest BCUT2D eigenvalue weighted by Gasteiger charge is -2.24. The number of anilines is 1. The largest absolute Gasteiger partial charge is 0.324 e. The van der Waals surface area contributed by atoms with Gasteiger partial charge < -0.3 is 5.32 Å². The molecular weight excluding hydrogens is 491 g/mol. The molecule has 180 valence electrons. The number of sulfonamides is 1. The highest BCUT2D eigenvalue weighted by molar-refractivity contribution is 7.89. The summed E-state index contributed by atoms with van der Waals surface area (Å²) in [6.45, 7) is 7.32. The molecule has 0 radical (unpaired) electrons. The molecule has 0 heterocycles. The molecule has 8 heteroatoms. The Bertz CT molecular complexity index is 1270. The van der Waals surface area contributed by atoms with Gasteiger partial charge >= 0.3 is 0 Å². The van der Waals surface area contributed by atoms with Crippen molar-refractivity contribution in [2.45, 2.75) is 45.1 Å². The predicted octanol–water partition coefficient (Wildman–Crippen LogP) is 6.56. The smallest absolute Gasteiger partial charge is 0.243 e. The second-order valence-corrected chi connectivity index (χ2v) is 11.3. The third kappa shape index (κ3) is 5.99. The molecule has 0 unspecified atom stereocenters. The first kappa shape index (κ1) is 26.2. The van der Waals surface area contributed by atoms with Crippen LogP contribution in [0.5, 0.6) is 0 Å². The summed E-state index contributed by atoms with van der Waals surface area (Å²) < 4.78 is 28.2. The van der Waals surface area contributed by atoms with Crippen molar-refractivity contribution < 1.29 is 13.2 Å². The van der Waals surface area contributed by atoms with Crippen molar-refractivity contribution in [2.75, 3.05) is 11.9 Å². The molecule has 0 bridgehead atoms. The van der Waals surface area contributed by atoms with Crippen LogP contribution in [0.1, 0.15) is 42.0 Å². The van der Waals surface area contributed by atoms with E-state index < -0.39 is 22.5 Å². The van der Waals surface area contributed by atoms with Gasteiger partial charge in [0.2, 0.25) is 15.9 Å². The molecule has 1 N–H and O–H groups in total. The molecule has 0 aliphatic heterocycles. The van der Waals surface area contributed by atoms with Crippen molar-refractivity contribution in [3.05, 3.63) is 93.0 Å². The summed E-state index contributed by atoms with van der Waals surface area (Å²) >= 11 is 12.7. The van der Waals surface area contributed by atoms with E-state index in [0.29, 0.717) is 21.3 Å². The van der Waals surface area contributed by atoms with Crippen LogP contribution in [-0.4, -0.2) is 25.2 Å². The molecule has 34 heavy (non-hydrogen) atoms. The van der Waals surface area contributed by atoms with Crippen LogP contribution in [0.4, 0.5) is 5.69 Å². The Morgan fingerprint density at radius 2 is 1.53 bits per heavy atom. The zero-order valence-corrected chi connectivity index (χ0v) is 21.9. The van der Waals surface area contributed by atoms with E-state index in [4.69, 9.17) is 23.2 Å². The van der Waals surface area contributed by atoms with Gasteiger partial charge in [0.25, 0.3) is 0 Å². The SMILES string of the molecule is Cc1ccc(S(=O)(=O)N(CC(=O)Nc2c(C)cccc2C(C)C)Cc2c(Cl)cccc2Cl)cc1. The van der Waals surface area contributed by atoms with E-state index in [-0.39, 0.29) is 17.4 Å². The monoisotopic (exact) mass is 518 g/mol. The Labute approximate surface area is 211 Å². The van der Waals surface area contributed by atoms with Gasteiger partial charge in [-0.3, -0.25) is 4.79 Å². The van der Waals surface area contributed by atoms with Crippen LogP contribution in [0.25, 0.3) is 0 Å². The lowest BCUT2D eigenvalue weighted by atomic mass is 9.98. The molecule has 0 atom stereocenters. The summed E-state index contributed by atoms with van der Waals surface area (Å²) in [4.78, 5) is 13.2. The summed E-state index contributed by atoms with van der Waals surface area (Å²) in [5.41, 5.74) is 3.95. The summed E-state index contributed by atoms with van der Waals surface area (Å²) in [6.07, 6.45) is 0. The molecule has 0 spiro atoms. The fraction of sp³-hybridized carbons (Fsp3) is 0.269. The minimum Gasteiger partial charge on any atom is -0.324 e. The number of carbonyl (C=O) groups excluding carboxylic acids is 1. The Hall–Kier alpha value is -2.38. The molecule has 0 aromatic heterocycles. The topological polar surface area (TPSA) is 66.5 Å². The second-order valence-electron chi connectivity index (χ2n) is 8.53. The van der Waals surface area contributed by atoms with Gasteiger partial charge in [0.15, 0.2) is 0 Å². The van der Waals surface area contributed by atoms with Crippen molar-refractivity contribution >= 4 is 44.8 Å². The van der Waals surface area contributed by atoms with Crippen molar-refractivity contribution in [3.63, 3.8) is 0 Å². The van der Waals surface area contributed by atoms with Gasteiger partial charge in [0, 0.05) is 27.8 Å². The standard InChI is InChI=1S/C26H28Cl2N2O3S/c1-17(2)21-8-5-7-19(4)26(21)29-25(31)16-30(15-22-23(27)9-6-10-24(22)28)34(32,33)20-13-11-18(3)12-14-20/h5-14,17H,15-16H2,1-4H3,(H,29,31). The van der Waals surface area contributed by atoms with Gasteiger partial charge in [-0.1, -0.05) is 79.0 Å². The van der Waals surface area contributed by atoms with Crippen molar-refractivity contribution in [2.24, 2.45) is 0 Å². The molecule has 0 aliphatic carbocycles. The molecule has 3 aromatic carbocycles. The van der Waals surface area contributed by atoms with Crippen LogP contribution >= 0.6 is 23.2 Å². The lowest BCUT2D eigenvalue weighted by molar-refractivity contribution is -0.116. The maximum atomic E-state index is 13.6. The first-order chi connectivity index (χ1) is 16.0. The molecule has 0 fully saturated rings. The van der Waals surface area contributed by atoms with Gasteiger partial charge in [-0.25, -0.2) is 8.42 Å². The second kappa shape index (κ2) is 10.9. The Balaban J connectivity index is 1.98. The Morgan fingerprint density at radius 1 is 0.941 bits per heavy atom. The summed E-state index contributed by atoms with van der Waals surface area (Å²) in [6, 6.07) is 17.3. The third-order valence-corrected chi connectivity index (χ3v) is 8.08. The van der Waals surface area contributed by atoms with Crippen molar-refractivity contribution in [1.29, 1.82) is 0 Å². The van der Waals surface area contributed by atoms with Crippen LogP contribution in [0.15, 0.2) is 65.6 Å². The number of amides is 1. The zero-order valence-electron chi connectivity index (χ0n) is 19.6. The van der Waals surface area contributed by atoms with Crippen LogP contribution < -0.4 is 5.32 Å². The number of hydrogen-bond donors (Lipinski definition) is 1. The number of aryl methyl sites for hydroxylation is 2. The first-order valence-corrected chi connectivity index (χ1v) is 13.1. The zero-order chi connectivity index (χ0) is 25.0. The van der Waals surface area contributed by atoms with Crippen molar-refractivity contribution in [1.82, 2.24) is 4.31 Å². The molecular formula is C26H28Cl2N2O3S. The highest BCUT2D eigenvalue weighted by Crippen LogP contribution is 2.30. The number of carbonyl (C=O) groups is 1. The average Bonchev–Trinajstić information content (AvgIpc) is 2.77. The van der Waals surface area contributed by atoms with Crippen LogP contribution in [0.3, 0.4) is 0 Å². The van der Waals surface area contributed by atoms with E-state index in [2.05, 4.69) is 5.32 Å². The summed E-state index contributed by atoms with van der Waals surface area (Å²) in [5.74, 6) is -0.264. The first-order valence-electron chi connectivity index (χ1n) is 10.9. The van der Waals surface area contributed by atoms with Crippen LogP contribution in [-0.2, 0) is 21.4 Å². The highest BCUT2D eigenvalue weighted by Gasteiger charge is 2.29. The molecule has 1 amide bonds. The number of hydrogen-bond acceptors (Lipinski definition) is 3. The van der Waals surface area contributed by atoms with E-state index >= 15 is 0 Å². The van der Waals surface area contributed by atoms with E-state index in [1.54, 1.807) is 30.3 Å². The number of rotatable bonds is 8. The molecule has 0 saturated heterocycles. The van der Waals surface area contributed by atoms with Gasteiger partial charge in [-0.15, -0.1) is 0 Å². The number of halogens is 2. The fourth-order valence-electron chi connectivity index (χ4n) is 3.63. The van der Waals surface area contributed by atoms with Crippen LogP contribution in [0, 0.1) is 13.8 Å². The van der Waals surface area contributed by atoms with E-state index in [1.807, 2.05) is 45.9 Å². The number of nitrogens with one attached hydrogen (secondary N) is 1. The Morgan fingerprint density at radius 3 is 2.12 bits per heavy atom. The highest BCUT2D eigenvalue weighted by atomic mass is 35.5. The number of nitrogens with zero attached hydrogens (tertiary/aromatic N) is 1. The molecule has 0 aliphatic rings. The summed E-state index contributed by atoms with van der Waals surface area (Å²) in [5, 5.41) is 3.59. The number of para-hydroxylation sites is 1. The summed E-state index contributed by atoms with van der Waals surface area (Å²) in [7, 11) is -4.02. The van der Waals surface area contributed by atoms with Crippen LogP contribution in [0.2, 0.25) is 10.0 Å². The number of benzene rings is 3. The maximum absolute atomic E-state index is 13.6. The molecule has 0 saturated carbocycles. The predicted molar refractivity (Wildman–Crippen MR) is 139 cm³/mol. The van der Waals surface area contributed by atoms with Gasteiger partial charge in [0.05, 0.1) is 11.4 Å². The van der Waals surface area contributed by atoms with E-state index in [0.717, 1.165) is 21.0 Å². The fourth-order valence-corrected chi connectivity index (χ4v) is 5.51. The average molecular weight is 519 g/mol. The normalized spacial score (nSPS) is 11.8. The quantitative estimate of drug-likeness (QED) is 0.366. The van der Waals surface area contributed by atoms with E-state index in [1.165, 1.54) is 12.1 Å². The minimum atomic E-state index is -4.02. The minimum absolute atomic E-state index is 0.0906. The lowest BCUT2D eigenvalue weighted by Crippen LogP contribution is -2.38. The molecule has 5 nitrogen and oxygen atoms in total. The van der Waals surface area contributed by atoms with E-state index in [9.17, 15) is 13.2 Å². The van der Waals surface area contributed by atoms with Gasteiger partial charge in [-0.2, -0.15) is 4.31 Å². The maximum Gasteiger partial charge on any atom is 0.243 e. The molecule has 3 rings (SSSR count). The van der Waals surface area contributed by atoms with Gasteiger partial charge in [0.1, 0.15) is 0 Å². The third-order valence-electron chi connectivity index (χ3n) is 5.57. The van der Waals surface area contributed by atoms with Crippen molar-refractivity contribution in [3.8, 4) is 0 Å². The molecule has 3 aromatic rings.